The molecule has 3 N–H and O–H groups in total. The first-order valence-electron chi connectivity index (χ1n) is 7.32. The van der Waals surface area contributed by atoms with Crippen LogP contribution in [-0.2, 0) is 17.9 Å². The van der Waals surface area contributed by atoms with Crippen LogP contribution in [0.4, 0.5) is 5.95 Å². The fraction of sp³-hybridized carbons (Fsp3) is 0.429. The van der Waals surface area contributed by atoms with Crippen molar-refractivity contribution in [2.24, 2.45) is 5.73 Å². The van der Waals surface area contributed by atoms with E-state index in [-0.39, 0.29) is 6.61 Å². The van der Waals surface area contributed by atoms with E-state index in [9.17, 15) is 4.79 Å². The number of nitrogens with two attached hydrogens (primary N) is 1. The normalized spacial score (nSPS) is 10.5. The van der Waals surface area contributed by atoms with E-state index in [2.05, 4.69) is 43.7 Å². The van der Waals surface area contributed by atoms with E-state index in [1.165, 1.54) is 7.11 Å². The number of carbonyl (C=O) groups excluding carboxylic acids is 1. The fourth-order valence-corrected chi connectivity index (χ4v) is 2.64. The second-order valence-electron chi connectivity index (χ2n) is 4.94. The van der Waals surface area contributed by atoms with Crippen molar-refractivity contribution in [1.82, 2.24) is 20.2 Å². The molecule has 0 aliphatic heterocycles. The lowest BCUT2D eigenvalue weighted by Crippen LogP contribution is -2.20. The second-order valence-corrected chi connectivity index (χ2v) is 5.80. The van der Waals surface area contributed by atoms with Crippen LogP contribution in [0.15, 0.2) is 16.6 Å². The standard InChI is InChI=1S/C14H19BrN6O3/c1-3-4-21-14(18-19-20-21)17-7-9-5-10(15)13(11(6-9)23-2)24-8-12(16)22/h5-6H,3-4,7-8H2,1-2H3,(H2,16,22)(H,17,18,20). The maximum Gasteiger partial charge on any atom is 0.255 e. The summed E-state index contributed by atoms with van der Waals surface area (Å²) in [5.74, 6) is 0.963. The molecule has 0 bridgehead atoms. The Hall–Kier alpha value is -2.36. The molecule has 2 aromatic rings. The Morgan fingerprint density at radius 2 is 2.25 bits per heavy atom. The van der Waals surface area contributed by atoms with Gasteiger partial charge in [0, 0.05) is 13.1 Å². The minimum atomic E-state index is -0.558. The summed E-state index contributed by atoms with van der Waals surface area (Å²) in [6.45, 7) is 3.06. The van der Waals surface area contributed by atoms with E-state index >= 15 is 0 Å². The Morgan fingerprint density at radius 1 is 1.46 bits per heavy atom. The summed E-state index contributed by atoms with van der Waals surface area (Å²) in [5, 5.41) is 14.7. The first kappa shape index (κ1) is 18.0. The number of nitrogens with one attached hydrogen (secondary N) is 1. The SMILES string of the molecule is CCCn1nnnc1NCc1cc(Br)c(OCC(N)=O)c(OC)c1. The van der Waals surface area contributed by atoms with Crippen LogP contribution in [-0.4, -0.2) is 39.8 Å². The van der Waals surface area contributed by atoms with E-state index < -0.39 is 5.91 Å². The van der Waals surface area contributed by atoms with Gasteiger partial charge in [-0.05, 0) is 50.5 Å². The molecule has 0 atom stereocenters. The van der Waals surface area contributed by atoms with Gasteiger partial charge in [0.25, 0.3) is 5.91 Å². The van der Waals surface area contributed by atoms with Crippen molar-refractivity contribution in [2.75, 3.05) is 19.0 Å². The van der Waals surface area contributed by atoms with Crippen LogP contribution < -0.4 is 20.5 Å². The number of amides is 1. The highest BCUT2D eigenvalue weighted by Gasteiger charge is 2.13. The lowest BCUT2D eigenvalue weighted by atomic mass is 10.2. The van der Waals surface area contributed by atoms with Gasteiger partial charge in [-0.15, -0.1) is 0 Å². The molecule has 0 saturated heterocycles. The Balaban J connectivity index is 2.12. The number of hydrogen-bond donors (Lipinski definition) is 2. The van der Waals surface area contributed by atoms with Crippen LogP contribution in [0.3, 0.4) is 0 Å². The molecule has 0 unspecified atom stereocenters. The molecule has 0 radical (unpaired) electrons. The van der Waals surface area contributed by atoms with Crippen LogP contribution in [0.1, 0.15) is 18.9 Å². The third-order valence-electron chi connectivity index (χ3n) is 3.07. The molecule has 10 heteroatoms. The number of rotatable bonds is 9. The minimum absolute atomic E-state index is 0.224. The highest BCUT2D eigenvalue weighted by atomic mass is 79.9. The third kappa shape index (κ3) is 4.57. The number of nitrogens with zero attached hydrogens (tertiary/aromatic N) is 4. The highest BCUT2D eigenvalue weighted by Crippen LogP contribution is 2.36. The summed E-state index contributed by atoms with van der Waals surface area (Å²) in [7, 11) is 1.53. The number of carbonyl (C=O) groups is 1. The molecular formula is C14H19BrN6O3. The molecule has 0 aliphatic carbocycles. The number of anilines is 1. The van der Waals surface area contributed by atoms with E-state index in [0.29, 0.717) is 28.5 Å². The van der Waals surface area contributed by atoms with Crippen molar-refractivity contribution in [3.05, 3.63) is 22.2 Å². The number of aromatic nitrogens is 4. The molecule has 0 saturated carbocycles. The van der Waals surface area contributed by atoms with Gasteiger partial charge in [-0.1, -0.05) is 12.0 Å². The first-order valence-corrected chi connectivity index (χ1v) is 8.12. The zero-order chi connectivity index (χ0) is 17.5. The van der Waals surface area contributed by atoms with Crippen molar-refractivity contribution < 1.29 is 14.3 Å². The van der Waals surface area contributed by atoms with Gasteiger partial charge in [0.1, 0.15) is 0 Å². The smallest absolute Gasteiger partial charge is 0.255 e. The monoisotopic (exact) mass is 398 g/mol. The number of primary amides is 1. The van der Waals surface area contributed by atoms with Gasteiger partial charge in [-0.25, -0.2) is 4.68 Å². The maximum atomic E-state index is 10.9. The summed E-state index contributed by atoms with van der Waals surface area (Å²) in [6.07, 6.45) is 0.936. The van der Waals surface area contributed by atoms with Crippen molar-refractivity contribution >= 4 is 27.8 Å². The summed E-state index contributed by atoms with van der Waals surface area (Å²) >= 11 is 3.42. The zero-order valence-corrected chi connectivity index (χ0v) is 15.0. The summed E-state index contributed by atoms with van der Waals surface area (Å²) in [6, 6.07) is 3.67. The number of tetrazole rings is 1. The van der Waals surface area contributed by atoms with Gasteiger partial charge in [-0.3, -0.25) is 4.79 Å². The van der Waals surface area contributed by atoms with E-state index in [1.54, 1.807) is 4.68 Å². The predicted octanol–water partition coefficient (Wildman–Crippen LogP) is 1.33. The fourth-order valence-electron chi connectivity index (χ4n) is 2.03. The Kier molecular flexibility index (Phi) is 6.36. The lowest BCUT2D eigenvalue weighted by Gasteiger charge is -2.14. The first-order chi connectivity index (χ1) is 11.5. The molecule has 0 spiro atoms. The summed E-state index contributed by atoms with van der Waals surface area (Å²) in [4.78, 5) is 10.9. The molecule has 0 aliphatic rings. The lowest BCUT2D eigenvalue weighted by molar-refractivity contribution is -0.119. The van der Waals surface area contributed by atoms with Gasteiger partial charge in [0.05, 0.1) is 11.6 Å². The van der Waals surface area contributed by atoms with Crippen molar-refractivity contribution in [3.63, 3.8) is 0 Å². The van der Waals surface area contributed by atoms with Gasteiger partial charge >= 0.3 is 0 Å². The average molecular weight is 399 g/mol. The highest BCUT2D eigenvalue weighted by molar-refractivity contribution is 9.10. The molecule has 1 amide bonds. The number of hydrogen-bond acceptors (Lipinski definition) is 7. The third-order valence-corrected chi connectivity index (χ3v) is 3.65. The van der Waals surface area contributed by atoms with E-state index in [0.717, 1.165) is 18.5 Å². The van der Waals surface area contributed by atoms with Crippen molar-refractivity contribution in [2.45, 2.75) is 26.4 Å². The van der Waals surface area contributed by atoms with Gasteiger partial charge in [0.15, 0.2) is 18.1 Å². The van der Waals surface area contributed by atoms with Crippen molar-refractivity contribution in [3.8, 4) is 11.5 Å². The number of aryl methyl sites for hydroxylation is 1. The molecule has 1 aromatic heterocycles. The van der Waals surface area contributed by atoms with Crippen LogP contribution >= 0.6 is 15.9 Å². The van der Waals surface area contributed by atoms with Crippen LogP contribution in [0.25, 0.3) is 0 Å². The van der Waals surface area contributed by atoms with E-state index in [4.69, 9.17) is 15.2 Å². The van der Waals surface area contributed by atoms with E-state index in [1.807, 2.05) is 12.1 Å². The van der Waals surface area contributed by atoms with Gasteiger partial charge in [-0.2, -0.15) is 0 Å². The van der Waals surface area contributed by atoms with Crippen LogP contribution in [0, 0.1) is 0 Å². The van der Waals surface area contributed by atoms with Crippen LogP contribution in [0.2, 0.25) is 0 Å². The molecule has 2 rings (SSSR count). The molecular weight excluding hydrogens is 380 g/mol. The molecule has 9 nitrogen and oxygen atoms in total. The quantitative estimate of drug-likeness (QED) is 0.653. The zero-order valence-electron chi connectivity index (χ0n) is 13.5. The maximum absolute atomic E-state index is 10.9. The van der Waals surface area contributed by atoms with Gasteiger partial charge < -0.3 is 20.5 Å². The Morgan fingerprint density at radius 3 is 2.92 bits per heavy atom. The minimum Gasteiger partial charge on any atom is -0.493 e. The van der Waals surface area contributed by atoms with Crippen molar-refractivity contribution in [1.29, 1.82) is 0 Å². The molecule has 130 valence electrons. The number of halogens is 1. The molecule has 0 fully saturated rings. The number of ether oxygens (including phenoxy) is 2. The second kappa shape index (κ2) is 8.48. The summed E-state index contributed by atoms with van der Waals surface area (Å²) in [5.41, 5.74) is 6.03. The average Bonchev–Trinajstić information content (AvgIpc) is 2.98. The van der Waals surface area contributed by atoms with Crippen LogP contribution in [0.5, 0.6) is 11.5 Å². The molecule has 1 aromatic carbocycles. The molecule has 24 heavy (non-hydrogen) atoms. The number of methoxy groups -OCH3 is 1. The predicted molar refractivity (Wildman–Crippen MR) is 90.8 cm³/mol. The largest absolute Gasteiger partial charge is 0.493 e. The summed E-state index contributed by atoms with van der Waals surface area (Å²) < 4.78 is 13.1. The topological polar surface area (TPSA) is 117 Å². The number of benzene rings is 1. The Labute approximate surface area is 147 Å². The molecule has 1 heterocycles. The van der Waals surface area contributed by atoms with Gasteiger partial charge in [0.2, 0.25) is 5.95 Å². The Bertz CT molecular complexity index is 706.